The molecule has 8 aromatic rings. The molecule has 10 heterocycles. The number of ether oxygens (including phenoxy) is 1. The minimum atomic E-state index is -0.607. The van der Waals surface area contributed by atoms with E-state index >= 15 is 0 Å². The number of aromatic nitrogens is 8. The van der Waals surface area contributed by atoms with Gasteiger partial charge in [0.1, 0.15) is 28.6 Å². The van der Waals surface area contributed by atoms with Gasteiger partial charge in [0.25, 0.3) is 11.8 Å². The molecule has 4 atom stereocenters. The molecule has 5 amide bonds. The van der Waals surface area contributed by atoms with Crippen molar-refractivity contribution < 1.29 is 28.7 Å². The van der Waals surface area contributed by atoms with Gasteiger partial charge in [0.2, 0.25) is 23.7 Å². The SMILES string of the molecule is CN(C)C(=O)c1cc2cnc(Nc3ccc(N4CC5CCC(CC4=O)N5)cn3)nc2n1-c1ccccc1.CN(C)C(=O)c1cc2cnc(Nc3ccc(N4CC5CCC(CC4=O)N5C(=O)OC(C)(C)C)cn3)nc2n1-c1ccccc1. The van der Waals surface area contributed by atoms with Crippen molar-refractivity contribution in [3.05, 3.63) is 133 Å². The van der Waals surface area contributed by atoms with Gasteiger partial charge in [0, 0.05) is 107 Å². The molecule has 6 aromatic heterocycles. The molecule has 3 N–H and O–H groups in total. The van der Waals surface area contributed by atoms with E-state index in [-0.39, 0.29) is 54.3 Å². The van der Waals surface area contributed by atoms with Crippen molar-refractivity contribution in [1.82, 2.24) is 59.1 Å². The van der Waals surface area contributed by atoms with Crippen LogP contribution in [0.4, 0.5) is 39.7 Å². The zero-order chi connectivity index (χ0) is 56.7. The lowest BCUT2D eigenvalue weighted by atomic mass is 10.1. The Morgan fingerprint density at radius 1 is 0.568 bits per heavy atom. The molecule has 81 heavy (non-hydrogen) atoms. The van der Waals surface area contributed by atoms with Gasteiger partial charge in [-0.05, 0) is 107 Å². The smallest absolute Gasteiger partial charge is 0.410 e. The lowest BCUT2D eigenvalue weighted by Crippen LogP contribution is -2.45. The first-order valence-corrected chi connectivity index (χ1v) is 27.1. The molecule has 12 rings (SSSR count). The summed E-state index contributed by atoms with van der Waals surface area (Å²) in [6.07, 6.45) is 10.9. The van der Waals surface area contributed by atoms with Crippen molar-refractivity contribution in [1.29, 1.82) is 0 Å². The van der Waals surface area contributed by atoms with Crippen LogP contribution in [0, 0.1) is 0 Å². The fourth-order valence-corrected chi connectivity index (χ4v) is 10.9. The highest BCUT2D eigenvalue weighted by molar-refractivity contribution is 6.00. The number of anilines is 6. The number of amides is 5. The number of nitrogens with one attached hydrogen (secondary N) is 3. The van der Waals surface area contributed by atoms with Crippen molar-refractivity contribution in [3.63, 3.8) is 0 Å². The second kappa shape index (κ2) is 22.1. The molecule has 4 aliphatic heterocycles. The van der Waals surface area contributed by atoms with Crippen molar-refractivity contribution >= 4 is 86.7 Å². The van der Waals surface area contributed by atoms with Crippen molar-refractivity contribution in [2.45, 2.75) is 89.1 Å². The number of hydrogen-bond donors (Lipinski definition) is 3. The van der Waals surface area contributed by atoms with Gasteiger partial charge in [-0.25, -0.2) is 24.7 Å². The lowest BCUT2D eigenvalue weighted by Gasteiger charge is -2.31. The van der Waals surface area contributed by atoms with E-state index in [0.29, 0.717) is 77.5 Å². The number of rotatable bonds is 10. The fraction of sp³-hybridized carbons (Fsp3) is 0.339. The molecule has 2 aromatic carbocycles. The van der Waals surface area contributed by atoms with Gasteiger partial charge in [-0.2, -0.15) is 9.97 Å². The molecule has 0 spiro atoms. The molecular weight excluding hydrogens is 1030 g/mol. The van der Waals surface area contributed by atoms with Crippen molar-refractivity contribution in [2.24, 2.45) is 0 Å². The van der Waals surface area contributed by atoms with Gasteiger partial charge < -0.3 is 40.3 Å². The Labute approximate surface area is 468 Å². The zero-order valence-electron chi connectivity index (χ0n) is 46.3. The number of pyridine rings is 2. The molecule has 4 bridgehead atoms. The predicted octanol–water partition coefficient (Wildman–Crippen LogP) is 7.88. The third-order valence-electron chi connectivity index (χ3n) is 14.7. The molecule has 4 unspecified atom stereocenters. The summed E-state index contributed by atoms with van der Waals surface area (Å²) < 4.78 is 9.31. The van der Waals surface area contributed by atoms with Crippen molar-refractivity contribution in [3.8, 4) is 11.4 Å². The summed E-state index contributed by atoms with van der Waals surface area (Å²) in [5.74, 6) is 1.53. The Hall–Kier alpha value is -9.31. The van der Waals surface area contributed by atoms with Crippen LogP contribution in [0.2, 0.25) is 0 Å². The number of carbonyl (C=O) groups is 5. The second-order valence-electron chi connectivity index (χ2n) is 22.1. The predicted molar refractivity (Wildman–Crippen MR) is 308 cm³/mol. The maximum Gasteiger partial charge on any atom is 0.410 e. The summed E-state index contributed by atoms with van der Waals surface area (Å²) >= 11 is 0. The number of benzene rings is 2. The van der Waals surface area contributed by atoms with Gasteiger partial charge in [0.15, 0.2) is 11.3 Å². The standard InChI is InChI=1S/C32H36N8O4.C27H28N8O2/c1-32(2,3)44-31(43)39-22-11-12-24(39)19-38(27(41)16-22)23-13-14-26(33-18-23)35-30-34-17-20-15-25(29(42)37(4)5)40(28(20)36-30)21-9-7-6-8-10-21;1-33(2)26(37)22-12-17-14-29-27(32-25(17)35(22)20-6-4-3-5-7-20)31-23-11-10-21(15-28-23)34-16-19-9-8-18(30-19)13-24(34)36/h6-10,13-15,17-18,22,24H,11-12,16,19H2,1-5H3,(H,33,34,35,36);3-7,10-12,14-15,18-19,30H,8-9,13,16H2,1-2H3,(H,28,29,31,32). The van der Waals surface area contributed by atoms with E-state index in [1.54, 1.807) is 85.9 Å². The van der Waals surface area contributed by atoms with Crippen LogP contribution in [0.3, 0.4) is 0 Å². The summed E-state index contributed by atoms with van der Waals surface area (Å²) in [5.41, 5.74) is 4.64. The monoisotopic (exact) mass is 1090 g/mol. The van der Waals surface area contributed by atoms with E-state index in [0.717, 1.165) is 53.5 Å². The zero-order valence-corrected chi connectivity index (χ0v) is 46.3. The maximum atomic E-state index is 13.3. The number of carbonyl (C=O) groups excluding carboxylic acids is 5. The van der Waals surface area contributed by atoms with Gasteiger partial charge in [-0.1, -0.05) is 36.4 Å². The van der Waals surface area contributed by atoms with Crippen LogP contribution < -0.4 is 25.8 Å². The van der Waals surface area contributed by atoms with E-state index in [9.17, 15) is 24.0 Å². The van der Waals surface area contributed by atoms with Gasteiger partial charge in [-0.3, -0.25) is 33.2 Å². The van der Waals surface area contributed by atoms with Crippen LogP contribution in [-0.4, -0.2) is 155 Å². The van der Waals surface area contributed by atoms with Crippen LogP contribution >= 0.6 is 0 Å². The highest BCUT2D eigenvalue weighted by Gasteiger charge is 2.45. The Bertz CT molecular complexity index is 3660. The number of nitrogens with zero attached hydrogens (tertiary/aromatic N) is 13. The van der Waals surface area contributed by atoms with E-state index < -0.39 is 5.60 Å². The Balaban J connectivity index is 0.000000173. The van der Waals surface area contributed by atoms with Gasteiger partial charge in [-0.15, -0.1) is 0 Å². The second-order valence-corrected chi connectivity index (χ2v) is 22.1. The molecule has 4 aliphatic rings. The molecule has 416 valence electrons. The number of fused-ring (bicyclic) bond motifs is 6. The molecule has 4 fully saturated rings. The van der Waals surface area contributed by atoms with E-state index in [2.05, 4.69) is 35.9 Å². The number of hydrogen-bond acceptors (Lipinski definition) is 15. The van der Waals surface area contributed by atoms with Gasteiger partial charge >= 0.3 is 6.09 Å². The summed E-state index contributed by atoms with van der Waals surface area (Å²) in [4.78, 5) is 101. The van der Waals surface area contributed by atoms with Crippen LogP contribution in [0.1, 0.15) is 80.3 Å². The first kappa shape index (κ1) is 53.7. The third-order valence-corrected chi connectivity index (χ3v) is 14.7. The minimum Gasteiger partial charge on any atom is -0.444 e. The summed E-state index contributed by atoms with van der Waals surface area (Å²) in [6.45, 7) is 6.57. The normalized spacial score (nSPS) is 18.7. The average molecular weight is 1090 g/mol. The minimum absolute atomic E-state index is 0.0493. The molecule has 4 saturated heterocycles. The van der Waals surface area contributed by atoms with Gasteiger partial charge in [0.05, 0.1) is 29.8 Å². The Kier molecular flexibility index (Phi) is 14.6. The van der Waals surface area contributed by atoms with Crippen molar-refractivity contribution in [2.75, 3.05) is 61.7 Å². The maximum absolute atomic E-state index is 13.3. The van der Waals surface area contributed by atoms with Crippen LogP contribution in [0.15, 0.2) is 122 Å². The third kappa shape index (κ3) is 11.3. The highest BCUT2D eigenvalue weighted by atomic mass is 16.6. The van der Waals surface area contributed by atoms with Crippen LogP contribution in [-0.2, 0) is 14.3 Å². The lowest BCUT2D eigenvalue weighted by molar-refractivity contribution is -0.119. The topological polar surface area (TPSA) is 234 Å². The largest absolute Gasteiger partial charge is 0.444 e. The Morgan fingerprint density at radius 3 is 1.53 bits per heavy atom. The van der Waals surface area contributed by atoms with E-state index in [1.807, 2.05) is 114 Å². The first-order valence-electron chi connectivity index (χ1n) is 27.1. The van der Waals surface area contributed by atoms with Crippen LogP contribution in [0.25, 0.3) is 33.4 Å². The molecule has 0 radical (unpaired) electrons. The average Bonchev–Trinajstić information content (AvgIpc) is 4.44. The quantitative estimate of drug-likeness (QED) is 0.118. The summed E-state index contributed by atoms with van der Waals surface area (Å²) in [5, 5.41) is 11.3. The van der Waals surface area contributed by atoms with Crippen LogP contribution in [0.5, 0.6) is 0 Å². The molecule has 0 aliphatic carbocycles. The molecule has 22 nitrogen and oxygen atoms in total. The van der Waals surface area contributed by atoms with E-state index in [4.69, 9.17) is 14.7 Å². The van der Waals surface area contributed by atoms with E-state index in [1.165, 1.54) is 4.90 Å². The molecule has 22 heteroatoms. The molecule has 0 saturated carbocycles. The Morgan fingerprint density at radius 2 is 1.05 bits per heavy atom. The molecular formula is C59H64N16O6. The highest BCUT2D eigenvalue weighted by Crippen LogP contribution is 2.35. The number of para-hydroxylation sites is 2. The first-order chi connectivity index (χ1) is 38.9. The summed E-state index contributed by atoms with van der Waals surface area (Å²) in [7, 11) is 6.88. The summed E-state index contributed by atoms with van der Waals surface area (Å²) in [6, 6.07) is 30.5. The fourth-order valence-electron chi connectivity index (χ4n) is 10.9.